The summed E-state index contributed by atoms with van der Waals surface area (Å²) in [5, 5.41) is 10.5. The minimum absolute atomic E-state index is 0.151. The standard InChI is InChI=1S/C15H18N4O2S/c1-8-6-5-7-12(9(8)2)16-14(21)11(4)22-15-17-13(20)10(3)18-19-15/h5-7,11H,1-4H3,(H,16,21)(H,17,19,20). The van der Waals surface area contributed by atoms with Crippen LogP contribution in [-0.4, -0.2) is 26.3 Å². The van der Waals surface area contributed by atoms with Crippen molar-refractivity contribution in [3.8, 4) is 0 Å². The van der Waals surface area contributed by atoms with E-state index in [1.165, 1.54) is 0 Å². The lowest BCUT2D eigenvalue weighted by Gasteiger charge is -2.13. The van der Waals surface area contributed by atoms with Crippen LogP contribution in [0.25, 0.3) is 0 Å². The number of hydrogen-bond acceptors (Lipinski definition) is 5. The van der Waals surface area contributed by atoms with Crippen LogP contribution < -0.4 is 10.9 Å². The van der Waals surface area contributed by atoms with Crippen molar-refractivity contribution in [2.75, 3.05) is 5.32 Å². The van der Waals surface area contributed by atoms with Crippen LogP contribution in [0.1, 0.15) is 23.7 Å². The first-order valence-electron chi connectivity index (χ1n) is 6.86. The van der Waals surface area contributed by atoms with Gasteiger partial charge in [-0.15, -0.1) is 10.2 Å². The van der Waals surface area contributed by atoms with Gasteiger partial charge in [-0.25, -0.2) is 0 Å². The fourth-order valence-corrected chi connectivity index (χ4v) is 2.51. The lowest BCUT2D eigenvalue weighted by molar-refractivity contribution is -0.115. The van der Waals surface area contributed by atoms with Gasteiger partial charge in [0.25, 0.3) is 5.56 Å². The molecular weight excluding hydrogens is 300 g/mol. The zero-order chi connectivity index (χ0) is 16.3. The van der Waals surface area contributed by atoms with E-state index in [2.05, 4.69) is 20.5 Å². The highest BCUT2D eigenvalue weighted by Crippen LogP contribution is 2.22. The molecule has 7 heteroatoms. The first kappa shape index (κ1) is 16.2. The Labute approximate surface area is 132 Å². The Morgan fingerprint density at radius 2 is 2.00 bits per heavy atom. The summed E-state index contributed by atoms with van der Waals surface area (Å²) in [5.41, 5.74) is 2.96. The largest absolute Gasteiger partial charge is 0.325 e. The average molecular weight is 318 g/mol. The number of anilines is 1. The number of aromatic nitrogens is 3. The molecule has 22 heavy (non-hydrogen) atoms. The molecule has 116 valence electrons. The normalized spacial score (nSPS) is 12.0. The van der Waals surface area contributed by atoms with Crippen LogP contribution in [-0.2, 0) is 4.79 Å². The van der Waals surface area contributed by atoms with Gasteiger partial charge in [-0.1, -0.05) is 23.9 Å². The molecule has 1 heterocycles. The van der Waals surface area contributed by atoms with Crippen molar-refractivity contribution >= 4 is 23.4 Å². The van der Waals surface area contributed by atoms with Crippen LogP contribution in [0.3, 0.4) is 0 Å². The quantitative estimate of drug-likeness (QED) is 0.844. The van der Waals surface area contributed by atoms with E-state index >= 15 is 0 Å². The fourth-order valence-electron chi connectivity index (χ4n) is 1.77. The third kappa shape index (κ3) is 3.73. The SMILES string of the molecule is Cc1cccc(NC(=O)C(C)Sc2nnc(C)c(=O)[nH]2)c1C. The summed E-state index contributed by atoms with van der Waals surface area (Å²) in [6, 6.07) is 5.76. The Hall–Kier alpha value is -2.15. The van der Waals surface area contributed by atoms with Gasteiger partial charge in [0.05, 0.1) is 5.25 Å². The monoisotopic (exact) mass is 318 g/mol. The number of aromatic amines is 1. The lowest BCUT2D eigenvalue weighted by Crippen LogP contribution is -2.24. The molecule has 0 aliphatic carbocycles. The highest BCUT2D eigenvalue weighted by Gasteiger charge is 2.17. The maximum absolute atomic E-state index is 12.3. The van der Waals surface area contributed by atoms with Crippen molar-refractivity contribution in [1.82, 2.24) is 15.2 Å². The zero-order valence-electron chi connectivity index (χ0n) is 12.9. The summed E-state index contributed by atoms with van der Waals surface area (Å²) in [4.78, 5) is 26.4. The molecule has 1 atom stereocenters. The summed E-state index contributed by atoms with van der Waals surface area (Å²) in [6.45, 7) is 7.30. The smallest absolute Gasteiger partial charge is 0.273 e. The fraction of sp³-hybridized carbons (Fsp3) is 0.333. The van der Waals surface area contributed by atoms with E-state index < -0.39 is 5.25 Å². The van der Waals surface area contributed by atoms with E-state index in [4.69, 9.17) is 0 Å². The molecule has 0 spiro atoms. The van der Waals surface area contributed by atoms with Gasteiger partial charge >= 0.3 is 0 Å². The van der Waals surface area contributed by atoms with E-state index in [9.17, 15) is 9.59 Å². The predicted molar refractivity (Wildman–Crippen MR) is 87.3 cm³/mol. The molecule has 1 aromatic carbocycles. The summed E-state index contributed by atoms with van der Waals surface area (Å²) in [6.07, 6.45) is 0. The van der Waals surface area contributed by atoms with Gasteiger partial charge in [0, 0.05) is 5.69 Å². The van der Waals surface area contributed by atoms with E-state index in [-0.39, 0.29) is 11.5 Å². The van der Waals surface area contributed by atoms with Crippen molar-refractivity contribution < 1.29 is 4.79 Å². The minimum Gasteiger partial charge on any atom is -0.325 e. The van der Waals surface area contributed by atoms with Gasteiger partial charge in [-0.2, -0.15) is 0 Å². The Morgan fingerprint density at radius 1 is 1.27 bits per heavy atom. The molecule has 0 bridgehead atoms. The van der Waals surface area contributed by atoms with Gasteiger partial charge in [0.15, 0.2) is 5.16 Å². The van der Waals surface area contributed by atoms with Crippen LogP contribution >= 0.6 is 11.8 Å². The van der Waals surface area contributed by atoms with Crippen molar-refractivity contribution in [1.29, 1.82) is 0 Å². The minimum atomic E-state index is -0.410. The van der Waals surface area contributed by atoms with Crippen molar-refractivity contribution in [2.45, 2.75) is 38.1 Å². The molecule has 0 aliphatic rings. The number of carbonyl (C=O) groups is 1. The van der Waals surface area contributed by atoms with Crippen LogP contribution in [0.15, 0.2) is 28.2 Å². The Kier molecular flexibility index (Phi) is 4.97. The number of carbonyl (C=O) groups excluding carboxylic acids is 1. The predicted octanol–water partition coefficient (Wildman–Crippen LogP) is 2.21. The highest BCUT2D eigenvalue weighted by atomic mass is 32.2. The number of H-pyrrole nitrogens is 1. The molecule has 2 N–H and O–H groups in total. The van der Waals surface area contributed by atoms with Gasteiger partial charge in [0.1, 0.15) is 5.69 Å². The number of amides is 1. The summed E-state index contributed by atoms with van der Waals surface area (Å²) in [5.74, 6) is -0.151. The molecule has 1 unspecified atom stereocenters. The highest BCUT2D eigenvalue weighted by molar-refractivity contribution is 8.00. The van der Waals surface area contributed by atoms with Crippen molar-refractivity contribution in [2.24, 2.45) is 0 Å². The molecule has 0 fully saturated rings. The van der Waals surface area contributed by atoms with Crippen LogP contribution in [0, 0.1) is 20.8 Å². The Morgan fingerprint density at radius 3 is 2.68 bits per heavy atom. The summed E-state index contributed by atoms with van der Waals surface area (Å²) >= 11 is 1.16. The van der Waals surface area contributed by atoms with E-state index in [0.717, 1.165) is 28.6 Å². The summed E-state index contributed by atoms with van der Waals surface area (Å²) < 4.78 is 0. The number of hydrogen-bond donors (Lipinski definition) is 2. The number of thioether (sulfide) groups is 1. The van der Waals surface area contributed by atoms with Gasteiger partial charge in [-0.3, -0.25) is 14.6 Å². The molecule has 0 radical (unpaired) electrons. The zero-order valence-corrected chi connectivity index (χ0v) is 13.7. The number of nitrogens with zero attached hydrogens (tertiary/aromatic N) is 2. The average Bonchev–Trinajstić information content (AvgIpc) is 2.47. The van der Waals surface area contributed by atoms with Crippen LogP contribution in [0.2, 0.25) is 0 Å². The molecular formula is C15H18N4O2S. The topological polar surface area (TPSA) is 87.7 Å². The van der Waals surface area contributed by atoms with Gasteiger partial charge in [0.2, 0.25) is 5.91 Å². The third-order valence-corrected chi connectivity index (χ3v) is 4.33. The van der Waals surface area contributed by atoms with Gasteiger partial charge < -0.3 is 5.32 Å². The number of aryl methyl sites for hydroxylation is 2. The van der Waals surface area contributed by atoms with Crippen molar-refractivity contribution in [3.63, 3.8) is 0 Å². The number of rotatable bonds is 4. The second-order valence-corrected chi connectivity index (χ2v) is 6.37. The molecule has 1 amide bonds. The first-order chi connectivity index (χ1) is 10.4. The molecule has 0 saturated carbocycles. The van der Waals surface area contributed by atoms with E-state index in [0.29, 0.717) is 10.9 Å². The van der Waals surface area contributed by atoms with Crippen LogP contribution in [0.4, 0.5) is 5.69 Å². The molecule has 1 aromatic heterocycles. The van der Waals surface area contributed by atoms with E-state index in [1.807, 2.05) is 32.0 Å². The third-order valence-electron chi connectivity index (χ3n) is 3.36. The molecule has 2 rings (SSSR count). The second kappa shape index (κ2) is 6.74. The van der Waals surface area contributed by atoms with E-state index in [1.54, 1.807) is 13.8 Å². The molecule has 0 saturated heterocycles. The second-order valence-electron chi connectivity index (χ2n) is 5.04. The van der Waals surface area contributed by atoms with Gasteiger partial charge in [-0.05, 0) is 44.9 Å². The maximum Gasteiger partial charge on any atom is 0.273 e. The number of nitrogens with one attached hydrogen (secondary N) is 2. The Balaban J connectivity index is 2.07. The Bertz CT molecular complexity index is 757. The summed E-state index contributed by atoms with van der Waals surface area (Å²) in [7, 11) is 0. The molecule has 2 aromatic rings. The lowest BCUT2D eigenvalue weighted by atomic mass is 10.1. The maximum atomic E-state index is 12.3. The first-order valence-corrected chi connectivity index (χ1v) is 7.73. The van der Waals surface area contributed by atoms with Crippen molar-refractivity contribution in [3.05, 3.63) is 45.4 Å². The number of benzene rings is 1. The molecule has 0 aliphatic heterocycles. The molecule has 6 nitrogen and oxygen atoms in total. The van der Waals surface area contributed by atoms with Crippen LogP contribution in [0.5, 0.6) is 0 Å².